The van der Waals surface area contributed by atoms with Crippen molar-refractivity contribution in [3.8, 4) is 0 Å². The van der Waals surface area contributed by atoms with Crippen molar-refractivity contribution in [1.82, 2.24) is 24.6 Å². The van der Waals surface area contributed by atoms with Crippen LogP contribution in [0.2, 0.25) is 0 Å². The molecule has 2 aliphatic rings. The van der Waals surface area contributed by atoms with Gasteiger partial charge < -0.3 is 10.2 Å². The maximum Gasteiger partial charge on any atom is 0.346 e. The standard InChI is InChI=1S/C18H21N5O3/c1-2-21-9-10-22-16(17(21)25)20-23(18(22)26)11-15(24)19-14-8-7-12-5-3-4-6-13(12)14/h3-6,14H,2,7-11H2,1H3,(H,19,24)/t14-/m0/s1. The molecule has 26 heavy (non-hydrogen) atoms. The van der Waals surface area contributed by atoms with Gasteiger partial charge in [-0.15, -0.1) is 5.10 Å². The Kier molecular flexibility index (Phi) is 4.10. The van der Waals surface area contributed by atoms with Crippen LogP contribution < -0.4 is 11.0 Å². The van der Waals surface area contributed by atoms with Crippen LogP contribution in [0.25, 0.3) is 0 Å². The van der Waals surface area contributed by atoms with Crippen LogP contribution >= 0.6 is 0 Å². The normalized spacial score (nSPS) is 18.6. The number of hydrogen-bond donors (Lipinski definition) is 1. The average molecular weight is 355 g/mol. The number of aromatic nitrogens is 3. The van der Waals surface area contributed by atoms with Gasteiger partial charge in [0, 0.05) is 19.6 Å². The van der Waals surface area contributed by atoms with E-state index in [1.165, 1.54) is 10.1 Å². The van der Waals surface area contributed by atoms with Crippen molar-refractivity contribution in [2.45, 2.75) is 38.9 Å². The van der Waals surface area contributed by atoms with Crippen LogP contribution in [0.15, 0.2) is 29.1 Å². The van der Waals surface area contributed by atoms with E-state index >= 15 is 0 Å². The third-order valence-electron chi connectivity index (χ3n) is 5.14. The molecule has 4 rings (SSSR count). The fraction of sp³-hybridized carbons (Fsp3) is 0.444. The fourth-order valence-corrected chi connectivity index (χ4v) is 3.75. The van der Waals surface area contributed by atoms with Crippen molar-refractivity contribution >= 4 is 11.8 Å². The molecule has 2 heterocycles. The molecule has 8 nitrogen and oxygen atoms in total. The van der Waals surface area contributed by atoms with Gasteiger partial charge in [0.25, 0.3) is 5.91 Å². The molecule has 0 unspecified atom stereocenters. The number of carbonyl (C=O) groups is 2. The molecule has 1 aliphatic carbocycles. The number of hydrogen-bond acceptors (Lipinski definition) is 4. The van der Waals surface area contributed by atoms with Crippen molar-refractivity contribution < 1.29 is 9.59 Å². The number of benzene rings is 1. The maximum absolute atomic E-state index is 12.4. The molecule has 0 radical (unpaired) electrons. The predicted molar refractivity (Wildman–Crippen MR) is 93.7 cm³/mol. The van der Waals surface area contributed by atoms with Crippen LogP contribution in [0.4, 0.5) is 0 Å². The van der Waals surface area contributed by atoms with Gasteiger partial charge in [0.1, 0.15) is 6.54 Å². The molecule has 2 aromatic rings. The largest absolute Gasteiger partial charge is 0.348 e. The summed E-state index contributed by atoms with van der Waals surface area (Å²) in [5.41, 5.74) is 1.97. The SMILES string of the molecule is CCN1CCn2c(nn(CC(=O)N[C@H]3CCc4ccccc43)c2=O)C1=O. The molecule has 0 saturated heterocycles. The van der Waals surface area contributed by atoms with Crippen molar-refractivity contribution in [2.24, 2.45) is 0 Å². The Balaban J connectivity index is 1.49. The third-order valence-corrected chi connectivity index (χ3v) is 5.14. The van der Waals surface area contributed by atoms with E-state index < -0.39 is 5.69 Å². The molecule has 1 atom stereocenters. The van der Waals surface area contributed by atoms with Gasteiger partial charge in [-0.2, -0.15) is 0 Å². The van der Waals surface area contributed by atoms with E-state index in [1.54, 1.807) is 4.90 Å². The number of aryl methyl sites for hydroxylation is 1. The summed E-state index contributed by atoms with van der Waals surface area (Å²) < 4.78 is 2.44. The molecule has 2 amide bonds. The second-order valence-corrected chi connectivity index (χ2v) is 6.66. The summed E-state index contributed by atoms with van der Waals surface area (Å²) in [4.78, 5) is 38.8. The minimum atomic E-state index is -0.411. The van der Waals surface area contributed by atoms with E-state index in [0.717, 1.165) is 23.1 Å². The number of nitrogens with one attached hydrogen (secondary N) is 1. The zero-order valence-electron chi connectivity index (χ0n) is 14.6. The Morgan fingerprint density at radius 1 is 1.27 bits per heavy atom. The van der Waals surface area contributed by atoms with E-state index in [4.69, 9.17) is 0 Å². The molecule has 1 N–H and O–H groups in total. The highest BCUT2D eigenvalue weighted by Gasteiger charge is 2.29. The van der Waals surface area contributed by atoms with Crippen LogP contribution in [0, 0.1) is 0 Å². The number of carbonyl (C=O) groups excluding carboxylic acids is 2. The lowest BCUT2D eigenvalue weighted by Crippen LogP contribution is -2.43. The van der Waals surface area contributed by atoms with Gasteiger partial charge in [-0.05, 0) is 30.9 Å². The molecule has 0 spiro atoms. The average Bonchev–Trinajstić information content (AvgIpc) is 3.18. The Labute approximate surface area is 150 Å². The number of amides is 2. The highest BCUT2D eigenvalue weighted by Crippen LogP contribution is 2.30. The first-order chi connectivity index (χ1) is 12.6. The highest BCUT2D eigenvalue weighted by molar-refractivity contribution is 5.91. The second-order valence-electron chi connectivity index (χ2n) is 6.66. The Bertz CT molecular complexity index is 929. The summed E-state index contributed by atoms with van der Waals surface area (Å²) in [6.07, 6.45) is 1.78. The van der Waals surface area contributed by atoms with Crippen molar-refractivity contribution in [2.75, 3.05) is 13.1 Å². The molecule has 8 heteroatoms. The van der Waals surface area contributed by atoms with Gasteiger partial charge in [0.15, 0.2) is 0 Å². The molecule has 0 bridgehead atoms. The summed E-state index contributed by atoms with van der Waals surface area (Å²) in [7, 11) is 0. The molecular weight excluding hydrogens is 334 g/mol. The topological polar surface area (TPSA) is 89.2 Å². The van der Waals surface area contributed by atoms with E-state index in [0.29, 0.717) is 19.6 Å². The minimum Gasteiger partial charge on any atom is -0.348 e. The maximum atomic E-state index is 12.4. The van der Waals surface area contributed by atoms with Crippen LogP contribution in [0.5, 0.6) is 0 Å². The zero-order chi connectivity index (χ0) is 18.3. The lowest BCUT2D eigenvalue weighted by molar-refractivity contribution is -0.122. The predicted octanol–water partition coefficient (Wildman–Crippen LogP) is 0.324. The van der Waals surface area contributed by atoms with E-state index in [9.17, 15) is 14.4 Å². The molecule has 136 valence electrons. The zero-order valence-corrected chi connectivity index (χ0v) is 14.6. The molecule has 1 aromatic carbocycles. The minimum absolute atomic E-state index is 0.0381. The number of rotatable bonds is 4. The first kappa shape index (κ1) is 16.6. The Morgan fingerprint density at radius 2 is 2.08 bits per heavy atom. The van der Waals surface area contributed by atoms with Gasteiger partial charge >= 0.3 is 5.69 Å². The van der Waals surface area contributed by atoms with Gasteiger partial charge in [0.2, 0.25) is 11.7 Å². The van der Waals surface area contributed by atoms with Crippen molar-refractivity contribution in [3.05, 3.63) is 51.7 Å². The lowest BCUT2D eigenvalue weighted by atomic mass is 10.1. The number of nitrogens with zero attached hydrogens (tertiary/aromatic N) is 4. The lowest BCUT2D eigenvalue weighted by Gasteiger charge is -2.24. The molecule has 1 aromatic heterocycles. The van der Waals surface area contributed by atoms with Crippen LogP contribution in [-0.2, 0) is 24.3 Å². The first-order valence-corrected chi connectivity index (χ1v) is 8.92. The van der Waals surface area contributed by atoms with E-state index in [2.05, 4.69) is 16.5 Å². The summed E-state index contributed by atoms with van der Waals surface area (Å²) in [5, 5.41) is 7.08. The number of likely N-dealkylation sites (N-methyl/N-ethyl adjacent to an activating group) is 1. The Hall–Kier alpha value is -2.90. The van der Waals surface area contributed by atoms with Gasteiger partial charge in [-0.1, -0.05) is 24.3 Å². The smallest absolute Gasteiger partial charge is 0.346 e. The van der Waals surface area contributed by atoms with E-state index in [-0.39, 0.29) is 30.2 Å². The van der Waals surface area contributed by atoms with Crippen LogP contribution in [0.3, 0.4) is 0 Å². The van der Waals surface area contributed by atoms with Crippen molar-refractivity contribution in [3.63, 3.8) is 0 Å². The van der Waals surface area contributed by atoms with E-state index in [1.807, 2.05) is 25.1 Å². The summed E-state index contributed by atoms with van der Waals surface area (Å²) in [5.74, 6) is -0.425. The molecule has 0 saturated carbocycles. The summed E-state index contributed by atoms with van der Waals surface area (Å²) in [6, 6.07) is 8.01. The fourth-order valence-electron chi connectivity index (χ4n) is 3.75. The first-order valence-electron chi connectivity index (χ1n) is 8.92. The summed E-state index contributed by atoms with van der Waals surface area (Å²) in [6.45, 7) is 3.16. The van der Waals surface area contributed by atoms with Gasteiger partial charge in [0.05, 0.1) is 6.04 Å². The molecular formula is C18H21N5O3. The molecule has 0 fully saturated rings. The van der Waals surface area contributed by atoms with Gasteiger partial charge in [-0.3, -0.25) is 14.2 Å². The quantitative estimate of drug-likeness (QED) is 0.856. The van der Waals surface area contributed by atoms with Crippen LogP contribution in [-0.4, -0.2) is 44.2 Å². The third kappa shape index (κ3) is 2.71. The summed E-state index contributed by atoms with van der Waals surface area (Å²) >= 11 is 0. The number of fused-ring (bicyclic) bond motifs is 2. The monoisotopic (exact) mass is 355 g/mol. The van der Waals surface area contributed by atoms with Crippen LogP contribution in [0.1, 0.15) is 41.1 Å². The highest BCUT2D eigenvalue weighted by atomic mass is 16.2. The van der Waals surface area contributed by atoms with Gasteiger partial charge in [-0.25, -0.2) is 9.48 Å². The Morgan fingerprint density at radius 3 is 2.88 bits per heavy atom. The van der Waals surface area contributed by atoms with Crippen molar-refractivity contribution in [1.29, 1.82) is 0 Å². The molecule has 1 aliphatic heterocycles. The second kappa shape index (κ2) is 6.44.